The van der Waals surface area contributed by atoms with Gasteiger partial charge in [-0.15, -0.1) is 0 Å². The van der Waals surface area contributed by atoms with Crippen LogP contribution in [0.1, 0.15) is 11.5 Å². The van der Waals surface area contributed by atoms with Crippen LogP contribution in [0, 0.1) is 6.92 Å². The maximum Gasteiger partial charge on any atom is 0.346 e. The summed E-state index contributed by atoms with van der Waals surface area (Å²) in [4.78, 5) is 37.3. The van der Waals surface area contributed by atoms with Gasteiger partial charge < -0.3 is 9.80 Å². The van der Waals surface area contributed by atoms with E-state index in [-0.39, 0.29) is 18.1 Å². The van der Waals surface area contributed by atoms with E-state index in [9.17, 15) is 9.59 Å². The third-order valence-corrected chi connectivity index (χ3v) is 4.73. The molecule has 0 saturated carbocycles. The average Bonchev–Trinajstić information content (AvgIpc) is 2.96. The Morgan fingerprint density at radius 3 is 2.56 bits per heavy atom. The number of benzene rings is 1. The molecule has 0 atom stereocenters. The van der Waals surface area contributed by atoms with Crippen LogP contribution in [0.5, 0.6) is 0 Å². The fourth-order valence-corrected chi connectivity index (χ4v) is 3.23. The van der Waals surface area contributed by atoms with Gasteiger partial charge in [0.15, 0.2) is 11.6 Å². The molecule has 0 saturated heterocycles. The number of carbonyl (C=O) groups is 1. The topological polar surface area (TPSA) is 89.2 Å². The number of amides is 1. The highest BCUT2D eigenvalue weighted by molar-refractivity contribution is 5.76. The predicted molar refractivity (Wildman–Crippen MR) is 101 cm³/mol. The molecule has 1 aliphatic rings. The van der Waals surface area contributed by atoms with E-state index in [1.807, 2.05) is 31.2 Å². The summed E-state index contributed by atoms with van der Waals surface area (Å²) in [6, 6.07) is 7.76. The van der Waals surface area contributed by atoms with Crippen LogP contribution >= 0.6 is 0 Å². The zero-order valence-corrected chi connectivity index (χ0v) is 15.6. The molecule has 0 aliphatic carbocycles. The molecule has 0 bridgehead atoms. The Kier molecular flexibility index (Phi) is 4.14. The van der Waals surface area contributed by atoms with Crippen LogP contribution in [0.2, 0.25) is 0 Å². The molecule has 1 amide bonds. The Labute approximate surface area is 155 Å². The minimum atomic E-state index is -0.249. The molecule has 0 unspecified atom stereocenters. The van der Waals surface area contributed by atoms with Crippen LogP contribution in [0.25, 0.3) is 11.0 Å². The summed E-state index contributed by atoms with van der Waals surface area (Å²) < 4.78 is 2.86. The molecular formula is C18H21N7O2. The molecule has 140 valence electrons. The highest BCUT2D eigenvalue weighted by Crippen LogP contribution is 2.23. The van der Waals surface area contributed by atoms with Crippen molar-refractivity contribution in [3.8, 4) is 0 Å². The molecule has 0 spiro atoms. The van der Waals surface area contributed by atoms with E-state index in [0.29, 0.717) is 25.5 Å². The van der Waals surface area contributed by atoms with Gasteiger partial charge in [-0.25, -0.2) is 19.4 Å². The highest BCUT2D eigenvalue weighted by atomic mass is 16.2. The predicted octanol–water partition coefficient (Wildman–Crippen LogP) is 0.405. The van der Waals surface area contributed by atoms with Gasteiger partial charge >= 0.3 is 5.69 Å². The lowest BCUT2D eigenvalue weighted by Gasteiger charge is -2.28. The molecule has 2 aromatic heterocycles. The second kappa shape index (κ2) is 6.49. The van der Waals surface area contributed by atoms with Crippen molar-refractivity contribution in [2.45, 2.75) is 26.6 Å². The SMILES string of the molecule is Cc1nc2ccccc2nc1N1CCn2c(nn(CC(=O)N(C)C)c2=O)C1. The van der Waals surface area contributed by atoms with Crippen LogP contribution in [0.3, 0.4) is 0 Å². The van der Waals surface area contributed by atoms with Crippen LogP contribution in [-0.4, -0.2) is 55.8 Å². The number of likely N-dealkylation sites (N-methyl/N-ethyl adjacent to an activating group) is 1. The van der Waals surface area contributed by atoms with Gasteiger partial charge in [-0.3, -0.25) is 9.36 Å². The summed E-state index contributed by atoms with van der Waals surface area (Å²) in [7, 11) is 3.32. The molecular weight excluding hydrogens is 346 g/mol. The molecule has 9 nitrogen and oxygen atoms in total. The summed E-state index contributed by atoms with van der Waals surface area (Å²) in [6.45, 7) is 3.46. The quantitative estimate of drug-likeness (QED) is 0.666. The van der Waals surface area contributed by atoms with Gasteiger partial charge in [0.05, 0.1) is 23.3 Å². The molecule has 3 heterocycles. The molecule has 27 heavy (non-hydrogen) atoms. The number of carbonyl (C=O) groups excluding carboxylic acids is 1. The summed E-state index contributed by atoms with van der Waals surface area (Å²) in [5, 5.41) is 4.37. The third kappa shape index (κ3) is 3.05. The van der Waals surface area contributed by atoms with E-state index < -0.39 is 0 Å². The van der Waals surface area contributed by atoms with Crippen molar-refractivity contribution in [3.63, 3.8) is 0 Å². The normalized spacial score (nSPS) is 13.7. The Morgan fingerprint density at radius 1 is 1.15 bits per heavy atom. The second-order valence-corrected chi connectivity index (χ2v) is 6.84. The minimum absolute atomic E-state index is 0.0549. The molecule has 0 fully saturated rings. The molecule has 0 radical (unpaired) electrons. The Hall–Kier alpha value is -3.23. The van der Waals surface area contributed by atoms with Gasteiger partial charge in [-0.1, -0.05) is 12.1 Å². The second-order valence-electron chi connectivity index (χ2n) is 6.84. The Balaban J connectivity index is 1.65. The lowest BCUT2D eigenvalue weighted by Crippen LogP contribution is -2.39. The molecule has 3 aromatic rings. The highest BCUT2D eigenvalue weighted by Gasteiger charge is 2.25. The van der Waals surface area contributed by atoms with Crippen molar-refractivity contribution in [2.24, 2.45) is 0 Å². The number of nitrogens with zero attached hydrogens (tertiary/aromatic N) is 7. The fraction of sp³-hybridized carbons (Fsp3) is 0.389. The van der Waals surface area contributed by atoms with E-state index in [2.05, 4.69) is 15.0 Å². The van der Waals surface area contributed by atoms with Crippen molar-refractivity contribution in [2.75, 3.05) is 25.5 Å². The average molecular weight is 367 g/mol. The van der Waals surface area contributed by atoms with Crippen molar-refractivity contribution < 1.29 is 4.79 Å². The van der Waals surface area contributed by atoms with Gasteiger partial charge in [0, 0.05) is 27.2 Å². The summed E-state index contributed by atoms with van der Waals surface area (Å²) in [5.41, 5.74) is 2.29. The van der Waals surface area contributed by atoms with Crippen LogP contribution < -0.4 is 10.6 Å². The largest absolute Gasteiger partial charge is 0.347 e. The number of rotatable bonds is 3. The Bertz CT molecular complexity index is 1080. The number of anilines is 1. The smallest absolute Gasteiger partial charge is 0.346 e. The number of aromatic nitrogens is 5. The summed E-state index contributed by atoms with van der Waals surface area (Å²) in [5.74, 6) is 1.26. The van der Waals surface area contributed by atoms with Gasteiger partial charge in [-0.05, 0) is 19.1 Å². The molecule has 1 aliphatic heterocycles. The number of para-hydroxylation sites is 2. The first-order valence-corrected chi connectivity index (χ1v) is 8.79. The lowest BCUT2D eigenvalue weighted by molar-refractivity contribution is -0.129. The third-order valence-electron chi connectivity index (χ3n) is 4.73. The monoisotopic (exact) mass is 367 g/mol. The lowest BCUT2D eigenvalue weighted by atomic mass is 10.2. The van der Waals surface area contributed by atoms with Crippen molar-refractivity contribution in [1.29, 1.82) is 0 Å². The zero-order valence-electron chi connectivity index (χ0n) is 15.6. The van der Waals surface area contributed by atoms with E-state index in [0.717, 1.165) is 22.5 Å². The van der Waals surface area contributed by atoms with Crippen molar-refractivity contribution in [1.82, 2.24) is 29.2 Å². The van der Waals surface area contributed by atoms with Crippen LogP contribution in [-0.2, 0) is 24.4 Å². The van der Waals surface area contributed by atoms with E-state index in [1.165, 1.54) is 9.58 Å². The van der Waals surface area contributed by atoms with E-state index in [4.69, 9.17) is 4.98 Å². The fourth-order valence-electron chi connectivity index (χ4n) is 3.23. The van der Waals surface area contributed by atoms with Crippen molar-refractivity contribution in [3.05, 3.63) is 46.3 Å². The number of hydrogen-bond acceptors (Lipinski definition) is 6. The van der Waals surface area contributed by atoms with Gasteiger partial charge in [0.1, 0.15) is 6.54 Å². The van der Waals surface area contributed by atoms with Gasteiger partial charge in [0.2, 0.25) is 5.91 Å². The number of aryl methyl sites for hydroxylation is 1. The molecule has 1 aromatic carbocycles. The first-order chi connectivity index (χ1) is 12.9. The minimum Gasteiger partial charge on any atom is -0.347 e. The van der Waals surface area contributed by atoms with Crippen molar-refractivity contribution >= 4 is 22.8 Å². The zero-order chi connectivity index (χ0) is 19.1. The maximum absolute atomic E-state index is 12.5. The van der Waals surface area contributed by atoms with Gasteiger partial charge in [0.25, 0.3) is 0 Å². The number of hydrogen-bond donors (Lipinski definition) is 0. The first kappa shape index (κ1) is 17.2. The number of fused-ring (bicyclic) bond motifs is 2. The van der Waals surface area contributed by atoms with E-state index in [1.54, 1.807) is 18.7 Å². The maximum atomic E-state index is 12.5. The van der Waals surface area contributed by atoms with Crippen LogP contribution in [0.4, 0.5) is 5.82 Å². The molecule has 9 heteroatoms. The molecule has 0 N–H and O–H groups in total. The van der Waals surface area contributed by atoms with Gasteiger partial charge in [-0.2, -0.15) is 5.10 Å². The van der Waals surface area contributed by atoms with Crippen LogP contribution in [0.15, 0.2) is 29.1 Å². The summed E-state index contributed by atoms with van der Waals surface area (Å²) >= 11 is 0. The summed E-state index contributed by atoms with van der Waals surface area (Å²) in [6.07, 6.45) is 0. The van der Waals surface area contributed by atoms with E-state index >= 15 is 0 Å². The first-order valence-electron chi connectivity index (χ1n) is 8.79. The Morgan fingerprint density at radius 2 is 1.85 bits per heavy atom. The standard InChI is InChI=1S/C18H21N7O2/c1-12-17(20-14-7-5-4-6-13(14)19-12)23-8-9-24-15(10-23)21-25(18(24)27)11-16(26)22(2)3/h4-7H,8-11H2,1-3H3. The molecule has 4 rings (SSSR count).